The number of nitrogens with zero attached hydrogens (tertiary/aromatic N) is 3. The van der Waals surface area contributed by atoms with Gasteiger partial charge >= 0.3 is 6.03 Å². The van der Waals surface area contributed by atoms with E-state index < -0.39 is 0 Å². The number of carbonyl (C=O) groups excluding carboxylic acids is 1. The largest absolute Gasteiger partial charge is 0.379 e. The molecular weight excluding hydrogens is 292 g/mol. The second kappa shape index (κ2) is 6.00. The van der Waals surface area contributed by atoms with Crippen LogP contribution in [0, 0.1) is 11.3 Å². The van der Waals surface area contributed by atoms with E-state index in [-0.39, 0.29) is 17.5 Å². The Bertz CT molecular complexity index is 588. The number of carbonyl (C=O) groups is 1. The van der Waals surface area contributed by atoms with Crippen LogP contribution in [0.2, 0.25) is 0 Å². The van der Waals surface area contributed by atoms with E-state index in [2.05, 4.69) is 24.1 Å². The van der Waals surface area contributed by atoms with E-state index in [0.29, 0.717) is 19.1 Å². The lowest BCUT2D eigenvalue weighted by Gasteiger charge is -2.24. The Morgan fingerprint density at radius 2 is 2.26 bits per heavy atom. The second-order valence-corrected chi connectivity index (χ2v) is 7.35. The highest BCUT2D eigenvalue weighted by molar-refractivity contribution is 5.75. The third kappa shape index (κ3) is 3.00. The van der Waals surface area contributed by atoms with E-state index >= 15 is 0 Å². The summed E-state index contributed by atoms with van der Waals surface area (Å²) in [6.45, 7) is 7.05. The zero-order valence-corrected chi connectivity index (χ0v) is 14.4. The Balaban J connectivity index is 1.67. The van der Waals surface area contributed by atoms with E-state index in [0.717, 1.165) is 24.5 Å². The third-order valence-corrected chi connectivity index (χ3v) is 5.05. The summed E-state index contributed by atoms with van der Waals surface area (Å²) in [5.74, 6) is 0.431. The van der Waals surface area contributed by atoms with Gasteiger partial charge in [0, 0.05) is 32.8 Å². The maximum Gasteiger partial charge on any atom is 0.318 e. The molecule has 3 rings (SSSR count). The molecule has 0 saturated carbocycles. The van der Waals surface area contributed by atoms with Crippen molar-refractivity contribution in [3.8, 4) is 0 Å². The smallest absolute Gasteiger partial charge is 0.318 e. The van der Waals surface area contributed by atoms with Gasteiger partial charge < -0.3 is 19.9 Å². The molecule has 1 N–H and O–H groups in total. The normalized spacial score (nSPS) is 25.3. The molecule has 3 heterocycles. The number of fused-ring (bicyclic) bond motifs is 1. The molecule has 126 valence electrons. The third-order valence-electron chi connectivity index (χ3n) is 5.05. The Hall–Kier alpha value is -1.82. The zero-order valence-electron chi connectivity index (χ0n) is 14.4. The fourth-order valence-electron chi connectivity index (χ4n) is 3.73. The molecule has 2 fully saturated rings. The predicted octanol–water partition coefficient (Wildman–Crippen LogP) is 1.71. The van der Waals surface area contributed by atoms with Crippen LogP contribution in [0.4, 0.5) is 10.5 Å². The highest BCUT2D eigenvalue weighted by Crippen LogP contribution is 2.43. The van der Waals surface area contributed by atoms with Crippen LogP contribution in [0.3, 0.4) is 0 Å². The van der Waals surface area contributed by atoms with Gasteiger partial charge in [0.25, 0.3) is 0 Å². The number of ether oxygens (including phenoxy) is 1. The molecule has 0 radical (unpaired) electrons. The van der Waals surface area contributed by atoms with Crippen LogP contribution in [0.25, 0.3) is 0 Å². The first-order valence-corrected chi connectivity index (χ1v) is 8.13. The summed E-state index contributed by atoms with van der Waals surface area (Å²) in [6.07, 6.45) is 1.76. The molecule has 0 spiro atoms. The molecule has 23 heavy (non-hydrogen) atoms. The van der Waals surface area contributed by atoms with Crippen molar-refractivity contribution in [3.05, 3.63) is 24.0 Å². The van der Waals surface area contributed by atoms with E-state index in [4.69, 9.17) is 4.74 Å². The van der Waals surface area contributed by atoms with Gasteiger partial charge in [-0.15, -0.1) is 0 Å². The van der Waals surface area contributed by atoms with Crippen LogP contribution in [0.1, 0.15) is 19.5 Å². The Kier molecular flexibility index (Phi) is 4.19. The second-order valence-electron chi connectivity index (χ2n) is 7.35. The number of urea groups is 1. The van der Waals surface area contributed by atoms with Gasteiger partial charge in [-0.25, -0.2) is 4.79 Å². The van der Waals surface area contributed by atoms with Crippen LogP contribution in [0.15, 0.2) is 18.3 Å². The summed E-state index contributed by atoms with van der Waals surface area (Å²) in [7, 11) is 3.96. The first kappa shape index (κ1) is 16.1. The van der Waals surface area contributed by atoms with Gasteiger partial charge in [-0.1, -0.05) is 13.8 Å². The molecule has 1 aromatic rings. The highest BCUT2D eigenvalue weighted by atomic mass is 16.5. The number of hydrogen-bond donors (Lipinski definition) is 1. The van der Waals surface area contributed by atoms with Gasteiger partial charge in [-0.3, -0.25) is 4.98 Å². The fourth-order valence-corrected chi connectivity index (χ4v) is 3.73. The van der Waals surface area contributed by atoms with Crippen LogP contribution in [-0.4, -0.2) is 55.8 Å². The molecule has 0 aliphatic carbocycles. The topological polar surface area (TPSA) is 57.7 Å². The van der Waals surface area contributed by atoms with Crippen molar-refractivity contribution >= 4 is 11.7 Å². The van der Waals surface area contributed by atoms with Crippen molar-refractivity contribution in [3.63, 3.8) is 0 Å². The van der Waals surface area contributed by atoms with Gasteiger partial charge in [0.2, 0.25) is 0 Å². The summed E-state index contributed by atoms with van der Waals surface area (Å²) >= 11 is 0. The number of anilines is 1. The number of nitrogens with one attached hydrogen (secondary N) is 1. The van der Waals surface area contributed by atoms with Crippen molar-refractivity contribution in [1.29, 1.82) is 0 Å². The summed E-state index contributed by atoms with van der Waals surface area (Å²) in [5, 5.41) is 3.03. The Labute approximate surface area is 137 Å². The number of hydrogen-bond acceptors (Lipinski definition) is 4. The average Bonchev–Trinajstić information content (AvgIpc) is 3.08. The van der Waals surface area contributed by atoms with Crippen LogP contribution < -0.4 is 10.2 Å². The average molecular weight is 318 g/mol. The predicted molar refractivity (Wildman–Crippen MR) is 89.4 cm³/mol. The number of pyridine rings is 1. The monoisotopic (exact) mass is 318 g/mol. The van der Waals surface area contributed by atoms with E-state index in [1.807, 2.05) is 36.0 Å². The van der Waals surface area contributed by atoms with Gasteiger partial charge in [0.05, 0.1) is 37.2 Å². The van der Waals surface area contributed by atoms with Gasteiger partial charge in [-0.05, 0) is 17.5 Å². The molecule has 6 nitrogen and oxygen atoms in total. The molecular formula is C17H26N4O2. The van der Waals surface area contributed by atoms with Crippen molar-refractivity contribution in [2.75, 3.05) is 38.8 Å². The lowest BCUT2D eigenvalue weighted by molar-refractivity contribution is 0.124. The molecule has 2 saturated heterocycles. The van der Waals surface area contributed by atoms with Crippen LogP contribution >= 0.6 is 0 Å². The molecule has 2 aliphatic heterocycles. The number of aromatic nitrogens is 1. The molecule has 0 bridgehead atoms. The summed E-state index contributed by atoms with van der Waals surface area (Å²) in [5.41, 5.74) is 2.01. The molecule has 2 amide bonds. The molecule has 1 aromatic heterocycles. The maximum atomic E-state index is 12.6. The highest BCUT2D eigenvalue weighted by Gasteiger charge is 2.51. The van der Waals surface area contributed by atoms with Gasteiger partial charge in [0.15, 0.2) is 0 Å². The number of amides is 2. The Morgan fingerprint density at radius 3 is 3.00 bits per heavy atom. The van der Waals surface area contributed by atoms with Crippen molar-refractivity contribution < 1.29 is 9.53 Å². The van der Waals surface area contributed by atoms with E-state index in [1.165, 1.54) is 0 Å². The number of likely N-dealkylation sites (tertiary alicyclic amines) is 1. The van der Waals surface area contributed by atoms with Crippen molar-refractivity contribution in [2.45, 2.75) is 26.4 Å². The fraction of sp³-hybridized carbons (Fsp3) is 0.647. The summed E-state index contributed by atoms with van der Waals surface area (Å²) in [6, 6.07) is 4.09. The molecule has 0 aromatic carbocycles. The van der Waals surface area contributed by atoms with E-state index in [1.54, 1.807) is 6.20 Å². The minimum absolute atomic E-state index is 0.0218. The maximum absolute atomic E-state index is 12.6. The summed E-state index contributed by atoms with van der Waals surface area (Å²) in [4.78, 5) is 21.0. The first-order chi connectivity index (χ1) is 10.9. The zero-order chi connectivity index (χ0) is 16.6. The quantitative estimate of drug-likeness (QED) is 0.922. The van der Waals surface area contributed by atoms with Gasteiger partial charge in [0.1, 0.15) is 0 Å². The molecule has 2 aliphatic rings. The minimum Gasteiger partial charge on any atom is -0.379 e. The first-order valence-electron chi connectivity index (χ1n) is 8.13. The lowest BCUT2D eigenvalue weighted by Crippen LogP contribution is -2.44. The van der Waals surface area contributed by atoms with E-state index in [9.17, 15) is 4.79 Å². The van der Waals surface area contributed by atoms with Gasteiger partial charge in [-0.2, -0.15) is 0 Å². The SMILES string of the molecule is CN(C)c1cccnc1CNC(=O)N1CC(C)(C)[C@@H]2COC[C@@H]21. The standard InChI is InChI=1S/C17H26N4O2/c1-17(2)11-21(15-10-23-9-12(15)17)16(22)19-8-13-14(20(3)4)6-5-7-18-13/h5-7,12,15H,8-11H2,1-4H3,(H,19,22)/t12-,15+/m1/s1. The number of rotatable bonds is 3. The molecule has 0 unspecified atom stereocenters. The van der Waals surface area contributed by atoms with Crippen molar-refractivity contribution in [2.24, 2.45) is 11.3 Å². The summed E-state index contributed by atoms with van der Waals surface area (Å²) < 4.78 is 5.60. The minimum atomic E-state index is -0.0218. The van der Waals surface area contributed by atoms with Crippen LogP contribution in [0.5, 0.6) is 0 Å². The molecule has 2 atom stereocenters. The Morgan fingerprint density at radius 1 is 1.48 bits per heavy atom. The van der Waals surface area contributed by atoms with Crippen LogP contribution in [-0.2, 0) is 11.3 Å². The molecule has 6 heteroatoms. The lowest BCUT2D eigenvalue weighted by atomic mass is 9.80. The van der Waals surface area contributed by atoms with Crippen molar-refractivity contribution in [1.82, 2.24) is 15.2 Å².